The Bertz CT molecular complexity index is 1240. The Balaban J connectivity index is 1.66. The second-order valence-electron chi connectivity index (χ2n) is 8.39. The molecule has 19 nitrogen and oxygen atoms in total. The zero-order valence-corrected chi connectivity index (χ0v) is 21.5. The first kappa shape index (κ1) is 31.6. The number of ether oxygens (including phenoxy) is 2. The Labute approximate surface area is 216 Å². The van der Waals surface area contributed by atoms with Gasteiger partial charge in [0.1, 0.15) is 49.3 Å². The summed E-state index contributed by atoms with van der Waals surface area (Å²) in [6.07, 6.45) is -13.6. The second-order valence-corrected chi connectivity index (χ2v) is 11.4. The highest BCUT2D eigenvalue weighted by atomic mass is 31.3. The van der Waals surface area contributed by atoms with Crippen LogP contribution >= 0.6 is 15.6 Å². The fourth-order valence-corrected chi connectivity index (χ4v) is 5.90. The molecule has 8 N–H and O–H groups in total. The first-order chi connectivity index (χ1) is 18.0. The lowest BCUT2D eigenvalue weighted by molar-refractivity contribution is -0.243. The number of H-pyrrole nitrogens is 1. The quantitative estimate of drug-likeness (QED) is 0.119. The van der Waals surface area contributed by atoms with Crippen LogP contribution in [0.5, 0.6) is 0 Å². The first-order valence-corrected chi connectivity index (χ1v) is 13.9. The van der Waals surface area contributed by atoms with Gasteiger partial charge in [-0.15, -0.1) is 0 Å². The largest absolute Gasteiger partial charge is 0.483 e. The van der Waals surface area contributed by atoms with Crippen LogP contribution in [0.15, 0.2) is 21.9 Å². The van der Waals surface area contributed by atoms with E-state index in [4.69, 9.17) is 9.47 Å². The van der Waals surface area contributed by atoms with E-state index in [-0.39, 0.29) is 0 Å². The summed E-state index contributed by atoms with van der Waals surface area (Å²) in [6.45, 7) is -1.48. The van der Waals surface area contributed by atoms with Crippen molar-refractivity contribution in [2.45, 2.75) is 62.1 Å². The lowest BCUT2D eigenvalue weighted by atomic mass is 9.97. The molecule has 3 unspecified atom stereocenters. The van der Waals surface area contributed by atoms with Crippen molar-refractivity contribution in [1.29, 1.82) is 0 Å². The van der Waals surface area contributed by atoms with Gasteiger partial charge in [-0.25, -0.2) is 18.3 Å². The minimum atomic E-state index is -5.67. The van der Waals surface area contributed by atoms with E-state index in [0.29, 0.717) is 4.57 Å². The Kier molecular flexibility index (Phi) is 9.98. The molecular formula is C17H26FN3O16P2. The molecular weight excluding hydrogens is 583 g/mol. The number of rotatable bonds is 10. The molecule has 0 spiro atoms. The molecule has 0 aromatic carbocycles. The fraction of sp³-hybridized carbons (Fsp3) is 0.706. The number of phosphoric ester groups is 2. The molecule has 2 fully saturated rings. The van der Waals surface area contributed by atoms with E-state index < -0.39 is 101 Å². The highest BCUT2D eigenvalue weighted by molar-refractivity contribution is 7.61. The van der Waals surface area contributed by atoms with Gasteiger partial charge in [0.15, 0.2) is 12.5 Å². The molecule has 1 amide bonds. The number of alkyl halides is 1. The Morgan fingerprint density at radius 3 is 2.31 bits per heavy atom. The van der Waals surface area contributed by atoms with Crippen LogP contribution in [-0.2, 0) is 36.8 Å². The normalized spacial score (nSPS) is 36.2. The molecule has 22 heteroatoms. The number of nitrogens with zero attached hydrogens (tertiary/aromatic N) is 1. The van der Waals surface area contributed by atoms with E-state index in [9.17, 15) is 58.1 Å². The number of aromatic nitrogens is 2. The number of carbonyl (C=O) groups is 1. The average Bonchev–Trinajstić information content (AvgIpc) is 3.10. The summed E-state index contributed by atoms with van der Waals surface area (Å²) >= 11 is 0. The molecule has 222 valence electrons. The topological polar surface area (TPSA) is 286 Å². The van der Waals surface area contributed by atoms with Crippen LogP contribution in [0.2, 0.25) is 0 Å². The van der Waals surface area contributed by atoms with Gasteiger partial charge in [0.2, 0.25) is 5.91 Å². The third-order valence-corrected chi connectivity index (χ3v) is 8.13. The van der Waals surface area contributed by atoms with Crippen molar-refractivity contribution in [3.05, 3.63) is 33.1 Å². The third-order valence-electron chi connectivity index (χ3n) is 5.53. The predicted octanol–water partition coefficient (Wildman–Crippen LogP) is -3.67. The van der Waals surface area contributed by atoms with Gasteiger partial charge in [0.05, 0.1) is 6.61 Å². The molecule has 0 bridgehead atoms. The molecule has 1 aromatic heterocycles. The van der Waals surface area contributed by atoms with Gasteiger partial charge in [-0.1, -0.05) is 0 Å². The monoisotopic (exact) mass is 609 g/mol. The van der Waals surface area contributed by atoms with Crippen LogP contribution < -0.4 is 16.6 Å². The van der Waals surface area contributed by atoms with Crippen LogP contribution in [0, 0.1) is 0 Å². The number of aromatic amines is 1. The van der Waals surface area contributed by atoms with Crippen LogP contribution in [0.1, 0.15) is 13.2 Å². The highest BCUT2D eigenvalue weighted by Gasteiger charge is 2.50. The van der Waals surface area contributed by atoms with E-state index in [1.807, 2.05) is 4.98 Å². The van der Waals surface area contributed by atoms with Crippen LogP contribution in [0.4, 0.5) is 4.39 Å². The van der Waals surface area contributed by atoms with Crippen molar-refractivity contribution in [1.82, 2.24) is 14.9 Å². The van der Waals surface area contributed by atoms with E-state index in [2.05, 4.69) is 18.7 Å². The summed E-state index contributed by atoms with van der Waals surface area (Å²) in [5.41, 5.74) is -1.77. The van der Waals surface area contributed by atoms with Gasteiger partial charge >= 0.3 is 21.3 Å². The third kappa shape index (κ3) is 7.65. The molecule has 0 saturated carbocycles. The average molecular weight is 609 g/mol. The van der Waals surface area contributed by atoms with E-state index >= 15 is 0 Å². The lowest BCUT2D eigenvalue weighted by Crippen LogP contribution is -2.64. The van der Waals surface area contributed by atoms with Crippen molar-refractivity contribution in [3.8, 4) is 0 Å². The molecule has 3 rings (SSSR count). The van der Waals surface area contributed by atoms with Gasteiger partial charge in [-0.3, -0.25) is 28.2 Å². The molecule has 0 radical (unpaired) electrons. The number of phosphoric acid groups is 2. The zero-order valence-electron chi connectivity index (χ0n) is 19.8. The number of carbonyl (C=O) groups excluding carboxylic acids is 1. The number of amides is 1. The second kappa shape index (κ2) is 12.3. The Hall–Kier alpha value is -1.90. The van der Waals surface area contributed by atoms with Gasteiger partial charge in [-0.2, -0.15) is 4.31 Å². The number of halogens is 1. The lowest BCUT2D eigenvalue weighted by Gasteiger charge is -2.41. The summed E-state index contributed by atoms with van der Waals surface area (Å²) < 4.78 is 62.1. The predicted molar refractivity (Wildman–Crippen MR) is 119 cm³/mol. The van der Waals surface area contributed by atoms with Gasteiger partial charge in [-0.05, 0) is 0 Å². The molecule has 0 aliphatic carbocycles. The van der Waals surface area contributed by atoms with Crippen LogP contribution in [0.3, 0.4) is 0 Å². The summed E-state index contributed by atoms with van der Waals surface area (Å²) in [5.74, 6) is -0.827. The highest BCUT2D eigenvalue weighted by Crippen LogP contribution is 2.61. The zero-order chi connectivity index (χ0) is 29.3. The molecule has 1 aromatic rings. The van der Waals surface area contributed by atoms with Gasteiger partial charge in [0.25, 0.3) is 5.56 Å². The molecule has 2 aliphatic rings. The summed E-state index contributed by atoms with van der Waals surface area (Å²) in [4.78, 5) is 56.3. The Morgan fingerprint density at radius 1 is 1.08 bits per heavy atom. The SMILES string of the molecule is CC(=O)N[C@H]1C(OP(=O)(O)OP(=O)(O)OC[C@H]2O[C@@H](n3ccc(=O)[nH]c3=O)[C@H](O)[C@@H]2O)O[C@H](CF)[C@@H](O)[C@@H]1O. The minimum absolute atomic E-state index is 0.714. The minimum Gasteiger partial charge on any atom is -0.388 e. The number of hydrogen-bond acceptors (Lipinski definition) is 14. The maximum absolute atomic E-state index is 13.2. The first-order valence-electron chi connectivity index (χ1n) is 10.9. The van der Waals surface area contributed by atoms with Crippen LogP contribution in [-0.4, -0.2) is 108 Å². The van der Waals surface area contributed by atoms with E-state index in [0.717, 1.165) is 19.2 Å². The molecule has 11 atom stereocenters. The standard InChI is InChI=1S/C17H26FN3O16P2/c1-6(22)19-10-13(26)11(24)7(4-18)35-16(10)36-39(31,32)37-38(29,30)33-5-8-12(25)14(27)15(34-8)21-3-2-9(23)20-17(21)28/h2-3,7-8,10-16,24-27H,4-5H2,1H3,(H,19,22)(H,29,30)(H,31,32)(H,20,23,28)/t7-,8-,10-,11-,12-,13-,14-,15-,16?/m1/s1. The molecule has 3 heterocycles. The number of aliphatic hydroxyl groups excluding tert-OH is 4. The molecule has 39 heavy (non-hydrogen) atoms. The number of hydrogen-bond donors (Lipinski definition) is 8. The Morgan fingerprint density at radius 2 is 1.72 bits per heavy atom. The summed E-state index contributed by atoms with van der Waals surface area (Å²) in [5, 5.41) is 42.4. The van der Waals surface area contributed by atoms with Crippen molar-refractivity contribution >= 4 is 21.6 Å². The maximum Gasteiger partial charge on any atom is 0.483 e. The van der Waals surface area contributed by atoms with Crippen LogP contribution in [0.25, 0.3) is 0 Å². The van der Waals surface area contributed by atoms with Crippen molar-refractivity contribution in [2.75, 3.05) is 13.3 Å². The van der Waals surface area contributed by atoms with E-state index in [1.54, 1.807) is 0 Å². The number of aliphatic hydroxyl groups is 4. The summed E-state index contributed by atoms with van der Waals surface area (Å²) in [6, 6.07) is -0.829. The van der Waals surface area contributed by atoms with Crippen molar-refractivity contribution in [3.63, 3.8) is 0 Å². The maximum atomic E-state index is 13.2. The van der Waals surface area contributed by atoms with E-state index in [1.165, 1.54) is 0 Å². The fourth-order valence-electron chi connectivity index (χ4n) is 3.73. The van der Waals surface area contributed by atoms with Crippen molar-refractivity contribution < 1.29 is 71.4 Å². The molecule has 2 saturated heterocycles. The van der Waals surface area contributed by atoms with Gasteiger partial charge < -0.3 is 45.0 Å². The number of nitrogens with one attached hydrogen (secondary N) is 2. The molecule has 2 aliphatic heterocycles. The summed E-state index contributed by atoms with van der Waals surface area (Å²) in [7, 11) is -11.2. The van der Waals surface area contributed by atoms with Crippen molar-refractivity contribution in [2.24, 2.45) is 0 Å². The smallest absolute Gasteiger partial charge is 0.388 e. The van der Waals surface area contributed by atoms with Gasteiger partial charge in [0, 0.05) is 19.2 Å².